The van der Waals surface area contributed by atoms with Crippen LogP contribution < -0.4 is 4.90 Å². The maximum absolute atomic E-state index is 11.1. The summed E-state index contributed by atoms with van der Waals surface area (Å²) in [6, 6.07) is 38.5. The monoisotopic (exact) mass is 534 g/mol. The molecule has 4 aromatic rings. The first-order chi connectivity index (χ1) is 20.1. The van der Waals surface area contributed by atoms with Gasteiger partial charge >= 0.3 is 5.97 Å². The van der Waals surface area contributed by atoms with Gasteiger partial charge in [0.2, 0.25) is 0 Å². The number of fused-ring (bicyclic) bond motifs is 3. The number of hydrogen-bond acceptors (Lipinski definition) is 3. The van der Waals surface area contributed by atoms with Gasteiger partial charge in [-0.1, -0.05) is 97.4 Å². The fraction of sp³-hybridized carbons (Fsp3) is 0.135. The van der Waals surface area contributed by atoms with Crippen LogP contribution in [0.5, 0.6) is 0 Å². The molecule has 2 unspecified atom stereocenters. The van der Waals surface area contributed by atoms with Crippen LogP contribution in [0.4, 0.5) is 11.4 Å². The van der Waals surface area contributed by atoms with Gasteiger partial charge in [0.15, 0.2) is 0 Å². The molecule has 0 saturated heterocycles. The molecular weight excluding hydrogens is 504 g/mol. The average Bonchev–Trinajstić information content (AvgIpc) is 3.60. The summed E-state index contributed by atoms with van der Waals surface area (Å²) in [5.74, 6) is -0.738. The lowest BCUT2D eigenvalue weighted by Gasteiger charge is -2.27. The Bertz CT molecular complexity index is 1650. The van der Waals surface area contributed by atoms with E-state index < -0.39 is 5.97 Å². The number of anilines is 2. The first-order valence-corrected chi connectivity index (χ1v) is 14.0. The third kappa shape index (κ3) is 5.35. The Balaban J connectivity index is 1.30. The lowest BCUT2D eigenvalue weighted by Crippen LogP contribution is -2.26. The fourth-order valence-corrected chi connectivity index (χ4v) is 6.19. The van der Waals surface area contributed by atoms with E-state index in [0.717, 1.165) is 24.0 Å². The van der Waals surface area contributed by atoms with E-state index in [0.29, 0.717) is 12.0 Å². The topological polar surface area (TPSA) is 64.3 Å². The highest BCUT2D eigenvalue weighted by atomic mass is 16.4. The van der Waals surface area contributed by atoms with Gasteiger partial charge in [0.25, 0.3) is 0 Å². The molecule has 1 aliphatic heterocycles. The molecule has 0 amide bonds. The van der Waals surface area contributed by atoms with E-state index in [9.17, 15) is 4.79 Å². The van der Waals surface area contributed by atoms with Crippen molar-refractivity contribution in [2.75, 3.05) is 4.90 Å². The van der Waals surface area contributed by atoms with Crippen molar-refractivity contribution in [2.24, 2.45) is 0 Å². The summed E-state index contributed by atoms with van der Waals surface area (Å²) in [4.78, 5) is 13.6. The summed E-state index contributed by atoms with van der Waals surface area (Å²) in [5.41, 5.74) is 9.25. The van der Waals surface area contributed by atoms with Crippen molar-refractivity contribution in [3.05, 3.63) is 149 Å². The second-order valence-electron chi connectivity index (χ2n) is 10.5. The number of hydrogen-bond donors (Lipinski definition) is 1. The molecule has 4 heteroatoms. The summed E-state index contributed by atoms with van der Waals surface area (Å²) in [6.45, 7) is 0. The van der Waals surface area contributed by atoms with Crippen molar-refractivity contribution in [3.63, 3.8) is 0 Å². The normalized spacial score (nSPS) is 17.6. The molecule has 0 aromatic heterocycles. The number of allylic oxidation sites excluding steroid dienone is 2. The molecule has 1 fully saturated rings. The molecule has 2 atom stereocenters. The Morgan fingerprint density at radius 1 is 0.854 bits per heavy atom. The van der Waals surface area contributed by atoms with Crippen LogP contribution in [0, 0.1) is 11.3 Å². The molecule has 0 bridgehead atoms. The van der Waals surface area contributed by atoms with Crippen LogP contribution in [0.3, 0.4) is 0 Å². The minimum atomic E-state index is -1.21. The predicted octanol–water partition coefficient (Wildman–Crippen LogP) is 8.61. The van der Waals surface area contributed by atoms with E-state index in [2.05, 4.69) is 102 Å². The molecule has 1 saturated carbocycles. The zero-order valence-corrected chi connectivity index (χ0v) is 22.7. The minimum Gasteiger partial charge on any atom is -0.477 e. The van der Waals surface area contributed by atoms with Crippen molar-refractivity contribution in [3.8, 4) is 6.07 Å². The second kappa shape index (κ2) is 11.5. The van der Waals surface area contributed by atoms with Crippen LogP contribution in [0.15, 0.2) is 121 Å². The number of carboxylic acids is 1. The van der Waals surface area contributed by atoms with Gasteiger partial charge in [0.05, 0.1) is 0 Å². The molecule has 6 rings (SSSR count). The molecule has 200 valence electrons. The van der Waals surface area contributed by atoms with E-state index in [1.807, 2.05) is 18.2 Å². The van der Waals surface area contributed by atoms with E-state index >= 15 is 0 Å². The van der Waals surface area contributed by atoms with Crippen molar-refractivity contribution in [1.29, 1.82) is 5.26 Å². The maximum atomic E-state index is 11.1. The first kappa shape index (κ1) is 26.1. The second-order valence-corrected chi connectivity index (χ2v) is 10.5. The van der Waals surface area contributed by atoms with Crippen LogP contribution in [0.2, 0.25) is 0 Å². The lowest BCUT2D eigenvalue weighted by molar-refractivity contribution is -0.132. The Morgan fingerprint density at radius 2 is 1.51 bits per heavy atom. The summed E-state index contributed by atoms with van der Waals surface area (Å²) in [7, 11) is 0. The van der Waals surface area contributed by atoms with E-state index in [-0.39, 0.29) is 5.57 Å². The summed E-state index contributed by atoms with van der Waals surface area (Å²) < 4.78 is 0. The molecular formula is C37H30N2O2. The van der Waals surface area contributed by atoms with Gasteiger partial charge in [0, 0.05) is 23.3 Å². The molecule has 4 nitrogen and oxygen atoms in total. The van der Waals surface area contributed by atoms with Crippen molar-refractivity contribution in [1.82, 2.24) is 0 Å². The number of nitrogens with zero attached hydrogens (tertiary/aromatic N) is 2. The number of benzene rings is 4. The van der Waals surface area contributed by atoms with Crippen molar-refractivity contribution in [2.45, 2.75) is 31.2 Å². The van der Waals surface area contributed by atoms with Crippen LogP contribution in [-0.2, 0) is 4.79 Å². The third-order valence-corrected chi connectivity index (χ3v) is 8.08. The zero-order chi connectivity index (χ0) is 28.2. The average molecular weight is 535 g/mol. The summed E-state index contributed by atoms with van der Waals surface area (Å²) in [5, 5.41) is 18.1. The van der Waals surface area contributed by atoms with Gasteiger partial charge in [-0.2, -0.15) is 5.26 Å². The number of aliphatic carboxylic acids is 1. The molecule has 1 N–H and O–H groups in total. The lowest BCUT2D eigenvalue weighted by atomic mass is 9.95. The number of carbonyl (C=O) groups is 1. The molecule has 1 aliphatic carbocycles. The van der Waals surface area contributed by atoms with Gasteiger partial charge in [-0.05, 0) is 82.6 Å². The van der Waals surface area contributed by atoms with E-state index in [4.69, 9.17) is 10.4 Å². The highest BCUT2D eigenvalue weighted by Crippen LogP contribution is 2.52. The minimum absolute atomic E-state index is 0.276. The Kier molecular flexibility index (Phi) is 7.34. The third-order valence-electron chi connectivity index (χ3n) is 8.08. The molecule has 1 heterocycles. The molecule has 0 radical (unpaired) electrons. The largest absolute Gasteiger partial charge is 0.477 e. The van der Waals surface area contributed by atoms with E-state index in [1.54, 1.807) is 12.1 Å². The van der Waals surface area contributed by atoms with Crippen LogP contribution in [0.1, 0.15) is 53.0 Å². The number of nitriles is 1. The van der Waals surface area contributed by atoms with Crippen LogP contribution in [-0.4, -0.2) is 17.1 Å². The molecule has 0 spiro atoms. The SMILES string of the molecule is N#CC(=CC=Cc1ccc2c(c1)C1CCCC1N2c1ccc(C=C(c2ccccc2)c2ccccc2)cc1)C(=O)O. The maximum Gasteiger partial charge on any atom is 0.346 e. The van der Waals surface area contributed by atoms with E-state index in [1.165, 1.54) is 46.1 Å². The highest BCUT2D eigenvalue weighted by Gasteiger charge is 2.42. The van der Waals surface area contributed by atoms with Gasteiger partial charge in [-0.25, -0.2) is 4.79 Å². The van der Waals surface area contributed by atoms with Crippen molar-refractivity contribution >= 4 is 35.1 Å². The quantitative estimate of drug-likeness (QED) is 0.112. The summed E-state index contributed by atoms with van der Waals surface area (Å²) >= 11 is 0. The first-order valence-electron chi connectivity index (χ1n) is 14.0. The van der Waals surface area contributed by atoms with Gasteiger partial charge < -0.3 is 10.0 Å². The Labute approximate surface area is 240 Å². The summed E-state index contributed by atoms with van der Waals surface area (Å²) in [6.07, 6.45) is 10.6. The molecule has 4 aromatic carbocycles. The fourth-order valence-electron chi connectivity index (χ4n) is 6.19. The number of carboxylic acid groups (broad SMARTS) is 1. The van der Waals surface area contributed by atoms with Crippen molar-refractivity contribution < 1.29 is 9.90 Å². The van der Waals surface area contributed by atoms with Gasteiger partial charge in [-0.15, -0.1) is 0 Å². The highest BCUT2D eigenvalue weighted by molar-refractivity contribution is 5.92. The van der Waals surface area contributed by atoms with Crippen LogP contribution in [0.25, 0.3) is 17.7 Å². The molecule has 2 aliphatic rings. The number of rotatable bonds is 7. The van der Waals surface area contributed by atoms with Gasteiger partial charge in [-0.3, -0.25) is 0 Å². The zero-order valence-electron chi connectivity index (χ0n) is 22.7. The van der Waals surface area contributed by atoms with Crippen LogP contribution >= 0.6 is 0 Å². The standard InChI is InChI=1S/C37H30N2O2/c38-25-30(37(40)41)14-7-9-26-19-22-36-34(24-26)32-15-8-16-35(32)39(36)31-20-17-27(18-21-31)23-33(28-10-3-1-4-11-28)29-12-5-2-6-13-29/h1-7,9-14,17-24,32,35H,8,15-16H2,(H,40,41). The Morgan fingerprint density at radius 3 is 2.15 bits per heavy atom. The molecule has 41 heavy (non-hydrogen) atoms. The van der Waals surface area contributed by atoms with Gasteiger partial charge in [0.1, 0.15) is 11.6 Å². The predicted molar refractivity (Wildman–Crippen MR) is 166 cm³/mol. The smallest absolute Gasteiger partial charge is 0.346 e. The Hall–Kier alpha value is -5.14.